The van der Waals surface area contributed by atoms with Gasteiger partial charge in [0.2, 0.25) is 0 Å². The van der Waals surface area contributed by atoms with Crippen molar-refractivity contribution in [2.24, 2.45) is 10.8 Å². The van der Waals surface area contributed by atoms with E-state index in [1.807, 2.05) is 39.0 Å². The van der Waals surface area contributed by atoms with Crippen molar-refractivity contribution >= 4 is 22.6 Å². The molecule has 2 aromatic heterocycles. The van der Waals surface area contributed by atoms with Gasteiger partial charge in [-0.2, -0.15) is 0 Å². The molecule has 5 nitrogen and oxygen atoms in total. The van der Waals surface area contributed by atoms with Crippen LogP contribution in [-0.2, 0) is 0 Å². The Labute approximate surface area is 160 Å². The van der Waals surface area contributed by atoms with E-state index < -0.39 is 5.41 Å². The molecule has 0 atom stereocenters. The highest BCUT2D eigenvalue weighted by Crippen LogP contribution is 2.28. The summed E-state index contributed by atoms with van der Waals surface area (Å²) in [6.45, 7) is 13.2. The van der Waals surface area contributed by atoms with Crippen LogP contribution in [0.5, 0.6) is 0 Å². The number of Topliss-reactive ketones (excluding diaryl/α,β-unsaturated/α-hetero) is 1. The van der Waals surface area contributed by atoms with Crippen LogP contribution in [0.4, 0.5) is 5.69 Å². The highest BCUT2D eigenvalue weighted by atomic mass is 16.1. The van der Waals surface area contributed by atoms with Crippen LogP contribution >= 0.6 is 0 Å². The number of nitrogens with one attached hydrogen (secondary N) is 2. The maximum absolute atomic E-state index is 12.7. The molecule has 142 valence electrons. The molecule has 2 heterocycles. The van der Waals surface area contributed by atoms with Gasteiger partial charge in [-0.3, -0.25) is 4.79 Å². The van der Waals surface area contributed by atoms with Crippen LogP contribution in [0.3, 0.4) is 0 Å². The molecule has 27 heavy (non-hydrogen) atoms. The van der Waals surface area contributed by atoms with E-state index in [-0.39, 0.29) is 11.2 Å². The van der Waals surface area contributed by atoms with E-state index in [2.05, 4.69) is 42.1 Å². The summed E-state index contributed by atoms with van der Waals surface area (Å²) < 4.78 is 0. The first kappa shape index (κ1) is 19.1. The molecule has 0 aliphatic rings. The van der Waals surface area contributed by atoms with E-state index in [9.17, 15) is 4.79 Å². The van der Waals surface area contributed by atoms with Crippen LogP contribution in [0.2, 0.25) is 0 Å². The number of ketones is 1. The van der Waals surface area contributed by atoms with Gasteiger partial charge in [-0.15, -0.1) is 0 Å². The van der Waals surface area contributed by atoms with Crippen LogP contribution in [-0.4, -0.2) is 27.3 Å². The number of carbonyl (C=O) groups is 1. The zero-order valence-corrected chi connectivity index (χ0v) is 17.0. The standard InChI is InChI=1S/C22H28N4O/c1-21(2,3)13-25-15-9-7-8-14(10-15)17-12-24-20-18(26-17)16(11-23-20)19(27)22(4,5)6/h7-12,25H,13H2,1-6H3,(H,23,24). The molecule has 1 aromatic carbocycles. The van der Waals surface area contributed by atoms with Crippen LogP contribution in [0.25, 0.3) is 22.4 Å². The highest BCUT2D eigenvalue weighted by molar-refractivity contribution is 6.08. The van der Waals surface area contributed by atoms with Gasteiger partial charge in [0.25, 0.3) is 0 Å². The van der Waals surface area contributed by atoms with E-state index >= 15 is 0 Å². The Morgan fingerprint density at radius 2 is 1.89 bits per heavy atom. The largest absolute Gasteiger partial charge is 0.385 e. The van der Waals surface area contributed by atoms with E-state index in [0.717, 1.165) is 23.5 Å². The van der Waals surface area contributed by atoms with Crippen molar-refractivity contribution in [3.05, 3.63) is 42.2 Å². The summed E-state index contributed by atoms with van der Waals surface area (Å²) in [4.78, 5) is 25.0. The fraction of sp³-hybridized carbons (Fsp3) is 0.409. The maximum atomic E-state index is 12.7. The van der Waals surface area contributed by atoms with Gasteiger partial charge < -0.3 is 10.3 Å². The number of anilines is 1. The SMILES string of the molecule is CC(C)(C)CNc1cccc(-c2cnc3[nH]cc(C(=O)C(C)(C)C)c3n2)c1. The average molecular weight is 364 g/mol. The summed E-state index contributed by atoms with van der Waals surface area (Å²) in [5, 5.41) is 3.47. The molecule has 0 unspecified atom stereocenters. The van der Waals surface area contributed by atoms with Crippen LogP contribution in [0.1, 0.15) is 51.9 Å². The molecule has 0 saturated heterocycles. The fourth-order valence-electron chi connectivity index (χ4n) is 2.76. The third-order valence-electron chi connectivity index (χ3n) is 4.29. The number of hydrogen-bond acceptors (Lipinski definition) is 4. The zero-order chi connectivity index (χ0) is 19.8. The molecule has 2 N–H and O–H groups in total. The van der Waals surface area contributed by atoms with Crippen LogP contribution in [0.15, 0.2) is 36.7 Å². The molecule has 5 heteroatoms. The molecule has 0 bridgehead atoms. The van der Waals surface area contributed by atoms with Crippen molar-refractivity contribution in [1.29, 1.82) is 0 Å². The number of aromatic nitrogens is 3. The number of benzene rings is 1. The van der Waals surface area contributed by atoms with E-state index in [4.69, 9.17) is 4.98 Å². The molecule has 0 fully saturated rings. The van der Waals surface area contributed by atoms with Crippen molar-refractivity contribution in [2.45, 2.75) is 41.5 Å². The molecule has 3 rings (SSSR count). The predicted octanol–water partition coefficient (Wildman–Crippen LogP) is 5.31. The van der Waals surface area contributed by atoms with Gasteiger partial charge in [-0.25, -0.2) is 9.97 Å². The van der Waals surface area contributed by atoms with Crippen molar-refractivity contribution < 1.29 is 4.79 Å². The molecular formula is C22H28N4O. The quantitative estimate of drug-likeness (QED) is 0.615. The molecule has 0 spiro atoms. The third kappa shape index (κ3) is 4.35. The minimum absolute atomic E-state index is 0.0563. The fourth-order valence-corrected chi connectivity index (χ4v) is 2.76. The number of carbonyl (C=O) groups excluding carboxylic acids is 1. The topological polar surface area (TPSA) is 70.7 Å². The minimum Gasteiger partial charge on any atom is -0.385 e. The highest BCUT2D eigenvalue weighted by Gasteiger charge is 2.26. The number of aromatic amines is 1. The van der Waals surface area contributed by atoms with E-state index in [0.29, 0.717) is 16.7 Å². The molecule has 0 aliphatic carbocycles. The Balaban J connectivity index is 1.97. The number of H-pyrrole nitrogens is 1. The third-order valence-corrected chi connectivity index (χ3v) is 4.29. The Bertz CT molecular complexity index is 974. The maximum Gasteiger partial charge on any atom is 0.171 e. The lowest BCUT2D eigenvalue weighted by Crippen LogP contribution is -2.20. The minimum atomic E-state index is -0.469. The summed E-state index contributed by atoms with van der Waals surface area (Å²) >= 11 is 0. The molecule has 0 radical (unpaired) electrons. The first-order valence-electron chi connectivity index (χ1n) is 9.28. The van der Waals surface area contributed by atoms with Crippen molar-refractivity contribution in [3.63, 3.8) is 0 Å². The smallest absolute Gasteiger partial charge is 0.171 e. The number of rotatable bonds is 4. The average Bonchev–Trinajstić information content (AvgIpc) is 3.01. The monoisotopic (exact) mass is 364 g/mol. The predicted molar refractivity (Wildman–Crippen MR) is 111 cm³/mol. The van der Waals surface area contributed by atoms with E-state index in [1.165, 1.54) is 0 Å². The molecular weight excluding hydrogens is 336 g/mol. The van der Waals surface area contributed by atoms with Gasteiger partial charge in [0.05, 0.1) is 17.5 Å². The molecule has 0 saturated carbocycles. The van der Waals surface area contributed by atoms with Crippen molar-refractivity contribution in [3.8, 4) is 11.3 Å². The van der Waals surface area contributed by atoms with Crippen molar-refractivity contribution in [2.75, 3.05) is 11.9 Å². The van der Waals surface area contributed by atoms with Gasteiger partial charge in [-0.1, -0.05) is 53.7 Å². The van der Waals surface area contributed by atoms with Gasteiger partial charge in [0, 0.05) is 29.4 Å². The van der Waals surface area contributed by atoms with Gasteiger partial charge in [0.15, 0.2) is 11.4 Å². The summed E-state index contributed by atoms with van der Waals surface area (Å²) in [6.07, 6.45) is 3.45. The van der Waals surface area contributed by atoms with Gasteiger partial charge in [-0.05, 0) is 17.5 Å². The van der Waals surface area contributed by atoms with Crippen LogP contribution < -0.4 is 5.32 Å². The van der Waals surface area contributed by atoms with Gasteiger partial charge in [0.1, 0.15) is 5.52 Å². The summed E-state index contributed by atoms with van der Waals surface area (Å²) in [6, 6.07) is 8.13. The number of fused-ring (bicyclic) bond motifs is 1. The lowest BCUT2D eigenvalue weighted by Gasteiger charge is -2.20. The Morgan fingerprint density at radius 3 is 2.56 bits per heavy atom. The lowest BCUT2D eigenvalue weighted by atomic mass is 9.87. The Kier molecular flexibility index (Phi) is 4.81. The Hall–Kier alpha value is -2.69. The zero-order valence-electron chi connectivity index (χ0n) is 17.0. The van der Waals surface area contributed by atoms with Gasteiger partial charge >= 0.3 is 0 Å². The lowest BCUT2D eigenvalue weighted by molar-refractivity contribution is 0.0860. The normalized spacial score (nSPS) is 12.4. The molecule has 0 amide bonds. The first-order valence-corrected chi connectivity index (χ1v) is 9.28. The first-order chi connectivity index (χ1) is 12.5. The van der Waals surface area contributed by atoms with E-state index in [1.54, 1.807) is 12.4 Å². The second kappa shape index (κ2) is 6.80. The summed E-state index contributed by atoms with van der Waals surface area (Å²) in [5.74, 6) is 0.0563. The Morgan fingerprint density at radius 1 is 1.15 bits per heavy atom. The second-order valence-corrected chi connectivity index (χ2v) is 9.23. The number of hydrogen-bond donors (Lipinski definition) is 2. The summed E-state index contributed by atoms with van der Waals surface area (Å²) in [5.41, 5.74) is 4.35. The molecule has 0 aliphatic heterocycles. The van der Waals surface area contributed by atoms with Crippen LogP contribution in [0, 0.1) is 10.8 Å². The number of nitrogens with zero attached hydrogens (tertiary/aromatic N) is 2. The molecule has 3 aromatic rings. The summed E-state index contributed by atoms with van der Waals surface area (Å²) in [7, 11) is 0. The van der Waals surface area contributed by atoms with Crippen molar-refractivity contribution in [1.82, 2.24) is 15.0 Å². The second-order valence-electron chi connectivity index (χ2n) is 9.23.